The number of esters is 1. The van der Waals surface area contributed by atoms with Gasteiger partial charge in [-0.2, -0.15) is 0 Å². The Labute approximate surface area is 94.2 Å². The van der Waals surface area contributed by atoms with E-state index in [0.29, 0.717) is 0 Å². The van der Waals surface area contributed by atoms with Gasteiger partial charge in [0, 0.05) is 5.56 Å². The molecule has 0 amide bonds. The zero-order valence-corrected chi connectivity index (χ0v) is 9.12. The van der Waals surface area contributed by atoms with Gasteiger partial charge >= 0.3 is 5.97 Å². The third kappa shape index (κ3) is 3.30. The van der Waals surface area contributed by atoms with Gasteiger partial charge in [-0.15, -0.1) is 18.0 Å². The highest BCUT2D eigenvalue weighted by Gasteiger charge is 2.12. The number of halogens is 1. The van der Waals surface area contributed by atoms with E-state index in [-0.39, 0.29) is 5.88 Å². The molecule has 15 heavy (non-hydrogen) atoms. The summed E-state index contributed by atoms with van der Waals surface area (Å²) in [6.45, 7) is 1.94. The van der Waals surface area contributed by atoms with Gasteiger partial charge in [-0.25, -0.2) is 0 Å². The van der Waals surface area contributed by atoms with Crippen LogP contribution in [0.25, 0.3) is 0 Å². The summed E-state index contributed by atoms with van der Waals surface area (Å²) in [5.74, 6) is 1.71. The van der Waals surface area contributed by atoms with E-state index in [4.69, 9.17) is 22.8 Å². The van der Waals surface area contributed by atoms with Crippen LogP contribution in [-0.2, 0) is 9.53 Å². The average Bonchev–Trinajstić information content (AvgIpc) is 2.25. The van der Waals surface area contributed by atoms with E-state index in [0.717, 1.165) is 11.1 Å². The van der Waals surface area contributed by atoms with Crippen LogP contribution in [0.15, 0.2) is 24.3 Å². The highest BCUT2D eigenvalue weighted by molar-refractivity contribution is 6.26. The van der Waals surface area contributed by atoms with Crippen LogP contribution in [0, 0.1) is 19.3 Å². The second kappa shape index (κ2) is 5.43. The smallest absolute Gasteiger partial charge is 0.322 e. The maximum Gasteiger partial charge on any atom is 0.322 e. The summed E-state index contributed by atoms with van der Waals surface area (Å²) >= 11 is 5.33. The molecule has 1 rings (SSSR count). The minimum absolute atomic E-state index is 0.190. The molecule has 0 radical (unpaired) electrons. The molecule has 2 nitrogen and oxygen atoms in total. The van der Waals surface area contributed by atoms with E-state index in [1.807, 2.05) is 31.2 Å². The largest absolute Gasteiger partial charge is 0.443 e. The van der Waals surface area contributed by atoms with Crippen LogP contribution >= 0.6 is 11.6 Å². The number of alkyl halides is 1. The molecule has 0 heterocycles. The fourth-order valence-corrected chi connectivity index (χ4v) is 1.26. The molecule has 0 N–H and O–H groups in total. The van der Waals surface area contributed by atoms with Crippen molar-refractivity contribution in [3.63, 3.8) is 0 Å². The van der Waals surface area contributed by atoms with Crippen molar-refractivity contribution in [2.45, 2.75) is 13.0 Å². The molecule has 1 aromatic rings. The second-order valence-corrected chi connectivity index (χ2v) is 3.35. The number of aryl methyl sites for hydroxylation is 1. The predicted molar refractivity (Wildman–Crippen MR) is 59.6 cm³/mol. The summed E-state index contributed by atoms with van der Waals surface area (Å²) < 4.78 is 4.98. The van der Waals surface area contributed by atoms with Crippen molar-refractivity contribution < 1.29 is 9.53 Å². The first-order valence-corrected chi connectivity index (χ1v) is 4.99. The molecule has 0 bridgehead atoms. The lowest BCUT2D eigenvalue weighted by molar-refractivity contribution is -0.143. The van der Waals surface area contributed by atoms with Gasteiger partial charge in [0.25, 0.3) is 0 Å². The summed E-state index contributed by atoms with van der Waals surface area (Å²) in [4.78, 5) is 11.0. The fourth-order valence-electron chi connectivity index (χ4n) is 1.19. The van der Waals surface area contributed by atoms with Gasteiger partial charge < -0.3 is 4.74 Å². The Balaban J connectivity index is 2.84. The number of ether oxygens (including phenoxy) is 1. The summed E-state index contributed by atoms with van der Waals surface area (Å²) in [5.41, 5.74) is 1.85. The highest BCUT2D eigenvalue weighted by atomic mass is 35.5. The lowest BCUT2D eigenvalue weighted by atomic mass is 10.1. The molecule has 1 atom stereocenters. The van der Waals surface area contributed by atoms with E-state index in [2.05, 4.69) is 5.92 Å². The topological polar surface area (TPSA) is 26.3 Å². The average molecular weight is 223 g/mol. The number of carbonyl (C=O) groups excluding carboxylic acids is 1. The molecule has 0 aliphatic carbocycles. The van der Waals surface area contributed by atoms with E-state index in [1.54, 1.807) is 0 Å². The molecule has 0 fully saturated rings. The van der Waals surface area contributed by atoms with E-state index in [1.165, 1.54) is 0 Å². The number of benzene rings is 1. The molecule has 78 valence electrons. The normalized spacial score (nSPS) is 11.5. The first kappa shape index (κ1) is 11.6. The van der Waals surface area contributed by atoms with E-state index in [9.17, 15) is 4.79 Å². The van der Waals surface area contributed by atoms with Crippen LogP contribution < -0.4 is 0 Å². The first-order valence-electron chi connectivity index (χ1n) is 4.45. The summed E-state index contributed by atoms with van der Waals surface area (Å²) in [5, 5.41) is 0. The number of hydrogen-bond donors (Lipinski definition) is 0. The van der Waals surface area contributed by atoms with Gasteiger partial charge in [0.15, 0.2) is 6.10 Å². The summed E-state index contributed by atoms with van der Waals surface area (Å²) in [6.07, 6.45) is 4.63. The molecule has 0 saturated heterocycles. The molecular weight excluding hydrogens is 212 g/mol. The Morgan fingerprint density at radius 2 is 2.40 bits per heavy atom. The Morgan fingerprint density at radius 3 is 2.93 bits per heavy atom. The molecule has 0 saturated carbocycles. The highest BCUT2D eigenvalue weighted by Crippen LogP contribution is 2.17. The quantitative estimate of drug-likeness (QED) is 0.446. The van der Waals surface area contributed by atoms with Crippen molar-refractivity contribution in [3.05, 3.63) is 35.4 Å². The van der Waals surface area contributed by atoms with Gasteiger partial charge in [-0.3, -0.25) is 4.79 Å². The van der Waals surface area contributed by atoms with Crippen LogP contribution in [0.2, 0.25) is 0 Å². The van der Waals surface area contributed by atoms with Crippen molar-refractivity contribution in [1.29, 1.82) is 0 Å². The fraction of sp³-hybridized carbons (Fsp3) is 0.250. The van der Waals surface area contributed by atoms with Crippen molar-refractivity contribution in [2.24, 2.45) is 0 Å². The Kier molecular flexibility index (Phi) is 4.20. The number of rotatable bonds is 3. The second-order valence-electron chi connectivity index (χ2n) is 3.08. The monoisotopic (exact) mass is 222 g/mol. The molecule has 1 aromatic carbocycles. The van der Waals surface area contributed by atoms with Gasteiger partial charge in [0.1, 0.15) is 5.88 Å². The minimum Gasteiger partial charge on any atom is -0.443 e. The zero-order chi connectivity index (χ0) is 11.3. The zero-order valence-electron chi connectivity index (χ0n) is 8.37. The van der Waals surface area contributed by atoms with Crippen molar-refractivity contribution in [3.8, 4) is 12.3 Å². The standard InChI is InChI=1S/C12H11ClO2/c1-3-11(15-12(14)8-13)10-6-4-5-9(2)7-10/h1,4-7,11H,8H2,2H3/t11-/m1/s1. The van der Waals surface area contributed by atoms with Crippen molar-refractivity contribution in [2.75, 3.05) is 5.88 Å². The maximum absolute atomic E-state index is 11.0. The molecular formula is C12H11ClO2. The van der Waals surface area contributed by atoms with Gasteiger partial charge in [-0.05, 0) is 6.92 Å². The Morgan fingerprint density at radius 1 is 1.67 bits per heavy atom. The molecule has 0 unspecified atom stereocenters. The Hall–Kier alpha value is -1.46. The predicted octanol–water partition coefficient (Wildman–Crippen LogP) is 2.45. The molecule has 3 heteroatoms. The summed E-state index contributed by atoms with van der Waals surface area (Å²) in [6, 6.07) is 7.51. The maximum atomic E-state index is 11.0. The van der Waals surface area contributed by atoms with Crippen LogP contribution in [0.4, 0.5) is 0 Å². The number of hydrogen-bond acceptors (Lipinski definition) is 2. The summed E-state index contributed by atoms with van der Waals surface area (Å²) in [7, 11) is 0. The molecule has 0 aromatic heterocycles. The number of terminal acetylenes is 1. The lowest BCUT2D eigenvalue weighted by Gasteiger charge is -2.12. The van der Waals surface area contributed by atoms with Crippen LogP contribution in [0.5, 0.6) is 0 Å². The van der Waals surface area contributed by atoms with E-state index >= 15 is 0 Å². The third-order valence-electron chi connectivity index (χ3n) is 1.85. The van der Waals surface area contributed by atoms with Crippen LogP contribution in [0.3, 0.4) is 0 Å². The van der Waals surface area contributed by atoms with E-state index < -0.39 is 12.1 Å². The SMILES string of the molecule is C#C[C@@H](OC(=O)CCl)c1cccc(C)c1. The van der Waals surface area contributed by atoms with Gasteiger partial charge in [0.05, 0.1) is 0 Å². The molecule has 0 aliphatic heterocycles. The number of carbonyl (C=O) groups is 1. The van der Waals surface area contributed by atoms with Crippen LogP contribution in [0.1, 0.15) is 17.2 Å². The first-order chi connectivity index (χ1) is 7.17. The van der Waals surface area contributed by atoms with Crippen LogP contribution in [-0.4, -0.2) is 11.8 Å². The third-order valence-corrected chi connectivity index (χ3v) is 2.07. The molecule has 0 spiro atoms. The molecule has 0 aliphatic rings. The van der Waals surface area contributed by atoms with Gasteiger partial charge in [-0.1, -0.05) is 35.7 Å². The minimum atomic E-state index is -0.656. The Bertz CT molecular complexity index is 393. The van der Waals surface area contributed by atoms with Gasteiger partial charge in [0.2, 0.25) is 0 Å². The van der Waals surface area contributed by atoms with Crippen molar-refractivity contribution in [1.82, 2.24) is 0 Å². The van der Waals surface area contributed by atoms with Crippen molar-refractivity contribution >= 4 is 17.6 Å². The lowest BCUT2D eigenvalue weighted by Crippen LogP contribution is -2.11.